The monoisotopic (exact) mass is 253 g/mol. The summed E-state index contributed by atoms with van der Waals surface area (Å²) in [5.41, 5.74) is 0. The molecule has 0 aliphatic rings. The molecule has 0 unspecified atom stereocenters. The van der Waals surface area contributed by atoms with Gasteiger partial charge in [-0.25, -0.2) is 0 Å². The molecule has 2 heteroatoms. The van der Waals surface area contributed by atoms with Crippen LogP contribution in [0.4, 0.5) is 0 Å². The highest BCUT2D eigenvalue weighted by Gasteiger charge is 1.92. The SMILES string of the molecule is CCCC/C=C/CCCCCCCCCC(=O)[O-]. The molecule has 0 amide bonds. The van der Waals surface area contributed by atoms with Crippen molar-refractivity contribution in [2.45, 2.75) is 84.0 Å². The number of carboxylic acids is 1. The second-order valence-corrected chi connectivity index (χ2v) is 5.00. The Labute approximate surface area is 112 Å². The maximum atomic E-state index is 10.2. The van der Waals surface area contributed by atoms with Crippen molar-refractivity contribution in [2.75, 3.05) is 0 Å². The van der Waals surface area contributed by atoms with Gasteiger partial charge >= 0.3 is 0 Å². The summed E-state index contributed by atoms with van der Waals surface area (Å²) in [6.07, 6.45) is 18.0. The first-order valence-electron chi connectivity index (χ1n) is 7.62. The minimum Gasteiger partial charge on any atom is -0.550 e. The summed E-state index contributed by atoms with van der Waals surface area (Å²) in [6, 6.07) is 0. The molecule has 0 radical (unpaired) electrons. The number of hydrogen-bond acceptors (Lipinski definition) is 2. The maximum absolute atomic E-state index is 10.2. The Morgan fingerprint density at radius 3 is 1.89 bits per heavy atom. The number of unbranched alkanes of at least 4 members (excludes halogenated alkanes) is 9. The van der Waals surface area contributed by atoms with Gasteiger partial charge in [-0.2, -0.15) is 0 Å². The zero-order chi connectivity index (χ0) is 13.5. The molecule has 0 aliphatic heterocycles. The van der Waals surface area contributed by atoms with Crippen molar-refractivity contribution in [1.29, 1.82) is 0 Å². The quantitative estimate of drug-likeness (QED) is 0.368. The van der Waals surface area contributed by atoms with Gasteiger partial charge in [0.25, 0.3) is 0 Å². The van der Waals surface area contributed by atoms with Gasteiger partial charge < -0.3 is 9.90 Å². The number of carbonyl (C=O) groups excluding carboxylic acids is 1. The number of aliphatic carboxylic acids is 1. The Morgan fingerprint density at radius 2 is 1.33 bits per heavy atom. The number of hydrogen-bond donors (Lipinski definition) is 0. The molecule has 0 aromatic rings. The zero-order valence-corrected chi connectivity index (χ0v) is 12.0. The van der Waals surface area contributed by atoms with Gasteiger partial charge in [0.2, 0.25) is 0 Å². The zero-order valence-electron chi connectivity index (χ0n) is 12.0. The highest BCUT2D eigenvalue weighted by Crippen LogP contribution is 2.10. The first-order valence-corrected chi connectivity index (χ1v) is 7.62. The van der Waals surface area contributed by atoms with Crippen molar-refractivity contribution in [3.05, 3.63) is 12.2 Å². The average Bonchev–Trinajstić information content (AvgIpc) is 2.34. The summed E-state index contributed by atoms with van der Waals surface area (Å²) in [5.74, 6) is -0.912. The molecule has 0 rings (SSSR count). The number of carbonyl (C=O) groups is 1. The largest absolute Gasteiger partial charge is 0.550 e. The summed E-state index contributed by atoms with van der Waals surface area (Å²) in [6.45, 7) is 2.22. The normalized spacial score (nSPS) is 11.2. The fourth-order valence-corrected chi connectivity index (χ4v) is 1.97. The van der Waals surface area contributed by atoms with Gasteiger partial charge in [-0.1, -0.05) is 64.0 Å². The van der Waals surface area contributed by atoms with E-state index in [9.17, 15) is 9.90 Å². The molecule has 0 heterocycles. The van der Waals surface area contributed by atoms with Crippen LogP contribution in [0.15, 0.2) is 12.2 Å². The van der Waals surface area contributed by atoms with Crippen LogP contribution in [0.1, 0.15) is 84.0 Å². The lowest BCUT2D eigenvalue weighted by atomic mass is 10.1. The van der Waals surface area contributed by atoms with Crippen LogP contribution in [-0.2, 0) is 4.79 Å². The van der Waals surface area contributed by atoms with Crippen molar-refractivity contribution in [1.82, 2.24) is 0 Å². The lowest BCUT2D eigenvalue weighted by molar-refractivity contribution is -0.305. The third-order valence-electron chi connectivity index (χ3n) is 3.14. The van der Waals surface area contributed by atoms with Crippen LogP contribution in [0.5, 0.6) is 0 Å². The first-order chi connectivity index (χ1) is 8.77. The second-order valence-electron chi connectivity index (χ2n) is 5.00. The summed E-state index contributed by atoms with van der Waals surface area (Å²) in [7, 11) is 0. The third-order valence-corrected chi connectivity index (χ3v) is 3.14. The van der Waals surface area contributed by atoms with Crippen LogP contribution in [0.2, 0.25) is 0 Å². The van der Waals surface area contributed by atoms with Crippen LogP contribution in [0.3, 0.4) is 0 Å². The minimum atomic E-state index is -0.912. The van der Waals surface area contributed by atoms with Crippen LogP contribution < -0.4 is 5.11 Å². The van der Waals surface area contributed by atoms with E-state index in [-0.39, 0.29) is 6.42 Å². The number of rotatable bonds is 13. The van der Waals surface area contributed by atoms with E-state index in [4.69, 9.17) is 0 Å². The van der Waals surface area contributed by atoms with Crippen LogP contribution in [0, 0.1) is 0 Å². The standard InChI is InChI=1S/C16H30O2/c1-2-3-4-5-6-7-8-9-10-11-12-13-14-15-16(17)18/h5-6H,2-4,7-15H2,1H3,(H,17,18)/p-1/b6-5+. The Bertz CT molecular complexity index is 209. The van der Waals surface area contributed by atoms with Crippen molar-refractivity contribution in [3.8, 4) is 0 Å². The molecule has 106 valence electrons. The Morgan fingerprint density at radius 1 is 0.833 bits per heavy atom. The molecule has 18 heavy (non-hydrogen) atoms. The molecule has 0 aliphatic carbocycles. The molecule has 0 aromatic carbocycles. The van der Waals surface area contributed by atoms with Crippen molar-refractivity contribution in [2.24, 2.45) is 0 Å². The van der Waals surface area contributed by atoms with Gasteiger partial charge in [-0.05, 0) is 32.1 Å². The smallest absolute Gasteiger partial charge is 0.0414 e. The predicted molar refractivity (Wildman–Crippen MR) is 75.2 cm³/mol. The minimum absolute atomic E-state index is 0.225. The van der Waals surface area contributed by atoms with Crippen LogP contribution in [-0.4, -0.2) is 5.97 Å². The van der Waals surface area contributed by atoms with Crippen molar-refractivity contribution in [3.63, 3.8) is 0 Å². The van der Waals surface area contributed by atoms with Gasteiger partial charge in [0.05, 0.1) is 0 Å². The van der Waals surface area contributed by atoms with Gasteiger partial charge in [0.15, 0.2) is 0 Å². The Hall–Kier alpha value is -0.790. The molecule has 0 N–H and O–H groups in total. The summed E-state index contributed by atoms with van der Waals surface area (Å²) in [5, 5.41) is 10.2. The van der Waals surface area contributed by atoms with E-state index in [2.05, 4.69) is 19.1 Å². The molecule has 0 saturated carbocycles. The summed E-state index contributed by atoms with van der Waals surface area (Å²) < 4.78 is 0. The number of carboxylic acid groups (broad SMARTS) is 1. The predicted octanol–water partition coefficient (Wildman–Crippen LogP) is 3.99. The van der Waals surface area contributed by atoms with Gasteiger partial charge in [-0.15, -0.1) is 0 Å². The number of allylic oxidation sites excluding steroid dienone is 2. The lowest BCUT2D eigenvalue weighted by Crippen LogP contribution is -2.21. The Balaban J connectivity index is 3.03. The molecule has 0 atom stereocenters. The molecule has 0 bridgehead atoms. The second kappa shape index (κ2) is 14.3. The highest BCUT2D eigenvalue weighted by atomic mass is 16.4. The van der Waals surface area contributed by atoms with E-state index < -0.39 is 5.97 Å². The van der Waals surface area contributed by atoms with Gasteiger partial charge in [0.1, 0.15) is 0 Å². The van der Waals surface area contributed by atoms with E-state index in [1.807, 2.05) is 0 Å². The maximum Gasteiger partial charge on any atom is 0.0414 e. The molecule has 0 spiro atoms. The van der Waals surface area contributed by atoms with Crippen molar-refractivity contribution < 1.29 is 9.90 Å². The topological polar surface area (TPSA) is 40.1 Å². The van der Waals surface area contributed by atoms with E-state index in [0.29, 0.717) is 0 Å². The van der Waals surface area contributed by atoms with E-state index in [1.165, 1.54) is 57.8 Å². The highest BCUT2D eigenvalue weighted by molar-refractivity contribution is 5.63. The molecule has 0 saturated heterocycles. The Kier molecular flexibility index (Phi) is 13.6. The van der Waals surface area contributed by atoms with E-state index in [1.54, 1.807) is 0 Å². The van der Waals surface area contributed by atoms with Gasteiger partial charge in [0, 0.05) is 5.97 Å². The summed E-state index contributed by atoms with van der Waals surface area (Å²) in [4.78, 5) is 10.2. The molecule has 0 fully saturated rings. The van der Waals surface area contributed by atoms with Gasteiger partial charge in [-0.3, -0.25) is 0 Å². The van der Waals surface area contributed by atoms with E-state index >= 15 is 0 Å². The average molecular weight is 253 g/mol. The fraction of sp³-hybridized carbons (Fsp3) is 0.812. The van der Waals surface area contributed by atoms with Crippen LogP contribution >= 0.6 is 0 Å². The summed E-state index contributed by atoms with van der Waals surface area (Å²) >= 11 is 0. The molecule has 0 aromatic heterocycles. The van der Waals surface area contributed by atoms with E-state index in [0.717, 1.165) is 12.8 Å². The first kappa shape index (κ1) is 17.2. The lowest BCUT2D eigenvalue weighted by Gasteiger charge is -2.02. The fourth-order valence-electron chi connectivity index (χ4n) is 1.97. The molecular weight excluding hydrogens is 224 g/mol. The van der Waals surface area contributed by atoms with Crippen molar-refractivity contribution >= 4 is 5.97 Å². The molecular formula is C16H29O2-. The molecule has 2 nitrogen and oxygen atoms in total. The van der Waals surface area contributed by atoms with Crippen LogP contribution in [0.25, 0.3) is 0 Å². The third kappa shape index (κ3) is 15.2.